The Morgan fingerprint density at radius 3 is 1.97 bits per heavy atom. The second-order valence-corrected chi connectivity index (χ2v) is 7.07. The lowest BCUT2D eigenvalue weighted by Gasteiger charge is -2.17. The van der Waals surface area contributed by atoms with Gasteiger partial charge in [0.25, 0.3) is 0 Å². The van der Waals surface area contributed by atoms with E-state index in [1.54, 1.807) is 0 Å². The summed E-state index contributed by atoms with van der Waals surface area (Å²) in [4.78, 5) is 0. The van der Waals surface area contributed by atoms with Crippen molar-refractivity contribution in [1.82, 2.24) is 5.32 Å². The zero-order valence-corrected chi connectivity index (χ0v) is 18.5. The minimum atomic E-state index is 0. The molecule has 3 rings (SSSR count). The standard InChI is InChI=1S/C23H23Cl2NO2.ClH/c1-2-27-22-13-7-10-18(15-26-14-17-8-3-5-11-20(17)24)23(22)28-16-19-9-4-6-12-21(19)25;/h3-13,26H,2,14-16H2,1H3;1H. The summed E-state index contributed by atoms with van der Waals surface area (Å²) in [5.41, 5.74) is 3.01. The van der Waals surface area contributed by atoms with E-state index in [1.807, 2.05) is 73.7 Å². The summed E-state index contributed by atoms with van der Waals surface area (Å²) in [5.74, 6) is 1.46. The lowest BCUT2D eigenvalue weighted by atomic mass is 10.1. The molecule has 0 aromatic heterocycles. The van der Waals surface area contributed by atoms with Gasteiger partial charge in [-0.15, -0.1) is 12.4 Å². The molecule has 0 atom stereocenters. The van der Waals surface area contributed by atoms with Gasteiger partial charge in [0.15, 0.2) is 11.5 Å². The monoisotopic (exact) mass is 451 g/mol. The van der Waals surface area contributed by atoms with Crippen molar-refractivity contribution >= 4 is 35.6 Å². The van der Waals surface area contributed by atoms with Gasteiger partial charge < -0.3 is 14.8 Å². The van der Waals surface area contributed by atoms with Crippen molar-refractivity contribution in [1.29, 1.82) is 0 Å². The molecule has 0 unspecified atom stereocenters. The average molecular weight is 453 g/mol. The van der Waals surface area contributed by atoms with Crippen molar-refractivity contribution in [3.8, 4) is 11.5 Å². The minimum Gasteiger partial charge on any atom is -0.490 e. The molecule has 0 spiro atoms. The van der Waals surface area contributed by atoms with E-state index in [0.29, 0.717) is 31.3 Å². The molecule has 0 aliphatic carbocycles. The van der Waals surface area contributed by atoms with Gasteiger partial charge >= 0.3 is 0 Å². The molecule has 29 heavy (non-hydrogen) atoms. The predicted molar refractivity (Wildman–Crippen MR) is 123 cm³/mol. The Bertz CT molecular complexity index is 918. The number of hydrogen-bond acceptors (Lipinski definition) is 3. The minimum absolute atomic E-state index is 0. The normalized spacial score (nSPS) is 10.3. The van der Waals surface area contributed by atoms with E-state index in [0.717, 1.165) is 33.2 Å². The summed E-state index contributed by atoms with van der Waals surface area (Å²) >= 11 is 12.5. The zero-order chi connectivity index (χ0) is 19.8. The van der Waals surface area contributed by atoms with E-state index in [-0.39, 0.29) is 12.4 Å². The quantitative estimate of drug-likeness (QED) is 0.392. The Balaban J connectivity index is 0.00000300. The van der Waals surface area contributed by atoms with Crippen LogP contribution in [0.1, 0.15) is 23.6 Å². The van der Waals surface area contributed by atoms with E-state index in [4.69, 9.17) is 32.7 Å². The lowest BCUT2D eigenvalue weighted by molar-refractivity contribution is 0.266. The van der Waals surface area contributed by atoms with Gasteiger partial charge in [0.05, 0.1) is 6.61 Å². The fraction of sp³-hybridized carbons (Fsp3) is 0.217. The molecule has 0 amide bonds. The Kier molecular flexibility index (Phi) is 9.62. The largest absolute Gasteiger partial charge is 0.490 e. The Hall–Kier alpha value is -1.91. The number of hydrogen-bond donors (Lipinski definition) is 1. The van der Waals surface area contributed by atoms with Crippen LogP contribution in [0.2, 0.25) is 10.0 Å². The lowest BCUT2D eigenvalue weighted by Crippen LogP contribution is -2.14. The second-order valence-electron chi connectivity index (χ2n) is 6.25. The molecule has 0 radical (unpaired) electrons. The first-order valence-electron chi connectivity index (χ1n) is 9.24. The molecule has 0 saturated heterocycles. The van der Waals surface area contributed by atoms with E-state index in [2.05, 4.69) is 5.32 Å². The molecule has 3 nitrogen and oxygen atoms in total. The highest BCUT2D eigenvalue weighted by Crippen LogP contribution is 2.33. The van der Waals surface area contributed by atoms with Gasteiger partial charge in [-0.3, -0.25) is 0 Å². The van der Waals surface area contributed by atoms with Gasteiger partial charge in [0.1, 0.15) is 6.61 Å². The fourth-order valence-corrected chi connectivity index (χ4v) is 3.27. The Labute approximate surface area is 188 Å². The molecule has 154 valence electrons. The summed E-state index contributed by atoms with van der Waals surface area (Å²) in [7, 11) is 0. The third kappa shape index (κ3) is 6.55. The SMILES string of the molecule is CCOc1cccc(CNCc2ccccc2Cl)c1OCc1ccccc1Cl.Cl. The van der Waals surface area contributed by atoms with Crippen LogP contribution in [0.15, 0.2) is 66.7 Å². The molecule has 0 bridgehead atoms. The van der Waals surface area contributed by atoms with E-state index in [1.165, 1.54) is 0 Å². The highest BCUT2D eigenvalue weighted by Gasteiger charge is 2.12. The summed E-state index contributed by atoms with van der Waals surface area (Å²) in [6, 6.07) is 21.4. The fourth-order valence-electron chi connectivity index (χ4n) is 2.87. The van der Waals surface area contributed by atoms with Crippen molar-refractivity contribution < 1.29 is 9.47 Å². The molecule has 0 fully saturated rings. The smallest absolute Gasteiger partial charge is 0.166 e. The zero-order valence-electron chi connectivity index (χ0n) is 16.2. The summed E-state index contributed by atoms with van der Waals surface area (Å²) in [6.07, 6.45) is 0. The van der Waals surface area contributed by atoms with Crippen molar-refractivity contribution in [2.75, 3.05) is 6.61 Å². The van der Waals surface area contributed by atoms with Crippen LogP contribution in [0.4, 0.5) is 0 Å². The molecule has 0 aliphatic rings. The Morgan fingerprint density at radius 2 is 1.31 bits per heavy atom. The van der Waals surface area contributed by atoms with Gasteiger partial charge in [-0.05, 0) is 30.7 Å². The summed E-state index contributed by atoms with van der Waals surface area (Å²) in [6.45, 7) is 4.20. The molecular weight excluding hydrogens is 429 g/mol. The van der Waals surface area contributed by atoms with E-state index in [9.17, 15) is 0 Å². The maximum Gasteiger partial charge on any atom is 0.166 e. The first kappa shape index (κ1) is 23.4. The van der Waals surface area contributed by atoms with Crippen LogP contribution in [0.25, 0.3) is 0 Å². The van der Waals surface area contributed by atoms with Gasteiger partial charge in [0.2, 0.25) is 0 Å². The third-order valence-corrected chi connectivity index (χ3v) is 5.02. The topological polar surface area (TPSA) is 30.5 Å². The first-order chi connectivity index (χ1) is 13.7. The van der Waals surface area contributed by atoms with Crippen LogP contribution in [-0.4, -0.2) is 6.61 Å². The van der Waals surface area contributed by atoms with Crippen molar-refractivity contribution in [2.45, 2.75) is 26.6 Å². The molecule has 3 aromatic carbocycles. The van der Waals surface area contributed by atoms with Crippen LogP contribution in [0, 0.1) is 0 Å². The number of para-hydroxylation sites is 1. The summed E-state index contributed by atoms with van der Waals surface area (Å²) < 4.78 is 11.9. The van der Waals surface area contributed by atoms with Gasteiger partial charge in [-0.1, -0.05) is 71.7 Å². The van der Waals surface area contributed by atoms with Gasteiger partial charge in [0, 0.05) is 34.3 Å². The molecule has 0 heterocycles. The molecule has 1 N–H and O–H groups in total. The number of rotatable bonds is 9. The maximum absolute atomic E-state index is 6.26. The number of nitrogens with one attached hydrogen (secondary N) is 1. The Morgan fingerprint density at radius 1 is 0.724 bits per heavy atom. The third-order valence-electron chi connectivity index (χ3n) is 4.28. The van der Waals surface area contributed by atoms with Crippen molar-refractivity contribution in [2.24, 2.45) is 0 Å². The first-order valence-corrected chi connectivity index (χ1v) is 9.99. The van der Waals surface area contributed by atoms with E-state index < -0.39 is 0 Å². The van der Waals surface area contributed by atoms with Crippen molar-refractivity contribution in [3.05, 3.63) is 93.5 Å². The van der Waals surface area contributed by atoms with Crippen LogP contribution in [-0.2, 0) is 19.7 Å². The maximum atomic E-state index is 6.26. The number of benzene rings is 3. The van der Waals surface area contributed by atoms with Crippen LogP contribution in [0.3, 0.4) is 0 Å². The number of ether oxygens (including phenoxy) is 2. The van der Waals surface area contributed by atoms with Crippen LogP contribution >= 0.6 is 35.6 Å². The highest BCUT2D eigenvalue weighted by atomic mass is 35.5. The van der Waals surface area contributed by atoms with Crippen molar-refractivity contribution in [3.63, 3.8) is 0 Å². The molecule has 6 heteroatoms. The van der Waals surface area contributed by atoms with Gasteiger partial charge in [-0.25, -0.2) is 0 Å². The highest BCUT2D eigenvalue weighted by molar-refractivity contribution is 6.31. The van der Waals surface area contributed by atoms with Crippen LogP contribution in [0.5, 0.6) is 11.5 Å². The van der Waals surface area contributed by atoms with Gasteiger partial charge in [-0.2, -0.15) is 0 Å². The molecular formula is C23H24Cl3NO2. The van der Waals surface area contributed by atoms with Crippen LogP contribution < -0.4 is 14.8 Å². The second kappa shape index (κ2) is 11.9. The van der Waals surface area contributed by atoms with E-state index >= 15 is 0 Å². The molecule has 3 aromatic rings. The molecule has 0 saturated carbocycles. The molecule has 0 aliphatic heterocycles. The average Bonchev–Trinajstić information content (AvgIpc) is 2.70. The number of halogens is 3. The summed E-state index contributed by atoms with van der Waals surface area (Å²) in [5, 5.41) is 4.88. The predicted octanol–water partition coefficient (Wildman–Crippen LogP) is 6.68.